The number of nitrogens with zero attached hydrogens (tertiary/aromatic N) is 4. The zero-order valence-electron chi connectivity index (χ0n) is 38.0. The van der Waals surface area contributed by atoms with Crippen molar-refractivity contribution in [3.05, 3.63) is 77.8 Å². The molecule has 2 aliphatic rings. The molecule has 4 amide bonds. The van der Waals surface area contributed by atoms with Gasteiger partial charge in [0.2, 0.25) is 23.6 Å². The lowest BCUT2D eigenvalue weighted by Gasteiger charge is -2.31. The minimum Gasteiger partial charge on any atom is -0.351 e. The van der Waals surface area contributed by atoms with Gasteiger partial charge in [-0.2, -0.15) is 0 Å². The fraction of sp³-hybridized carbons (Fsp3) is 0.592. The lowest BCUT2D eigenvalue weighted by Crippen LogP contribution is -2.55. The molecule has 6 N–H and O–H groups in total. The van der Waals surface area contributed by atoms with Crippen LogP contribution in [0.1, 0.15) is 115 Å². The Balaban J connectivity index is 1.18. The number of allylic oxidation sites excluding steroid dienone is 2. The predicted molar refractivity (Wildman–Crippen MR) is 247 cm³/mol. The summed E-state index contributed by atoms with van der Waals surface area (Å²) >= 11 is 0. The second-order valence-corrected chi connectivity index (χ2v) is 18.3. The molecule has 334 valence electrons. The first-order valence-corrected chi connectivity index (χ1v) is 22.9. The van der Waals surface area contributed by atoms with Gasteiger partial charge < -0.3 is 41.0 Å². The van der Waals surface area contributed by atoms with Gasteiger partial charge in [0.1, 0.15) is 12.1 Å². The van der Waals surface area contributed by atoms with Crippen LogP contribution in [0.25, 0.3) is 17.0 Å². The summed E-state index contributed by atoms with van der Waals surface area (Å²) in [7, 11) is 0. The molecule has 0 radical (unpaired) electrons. The Morgan fingerprint density at radius 2 is 1.23 bits per heavy atom. The minimum atomic E-state index is -0.675. The molecule has 61 heavy (non-hydrogen) atoms. The third kappa shape index (κ3) is 11.8. The SMILES string of the molecule is C=C/C=C\c1c(C[C@H]2CCCN2C(=O)[C@@H](NC(=O)[C@H](C)N)C(C)C)cn(CCCCCCn2cc(C[C@H]3CCCN3C(=O)[C@@H](NC(=O)[C@H](C)N)C(C)C)c3ccccc32)c1C. The molecule has 0 saturated carbocycles. The number of benzene rings is 1. The zero-order valence-corrected chi connectivity index (χ0v) is 38.0. The monoisotopic (exact) mass is 839 g/mol. The molecule has 2 saturated heterocycles. The number of nitrogens with one attached hydrogen (secondary N) is 2. The first kappa shape index (κ1) is 47.4. The highest BCUT2D eigenvalue weighted by Crippen LogP contribution is 2.30. The molecule has 12 heteroatoms. The number of unbranched alkanes of at least 4 members (excludes halogenated alkanes) is 3. The fourth-order valence-corrected chi connectivity index (χ4v) is 9.25. The van der Waals surface area contributed by atoms with Crippen LogP contribution in [0.3, 0.4) is 0 Å². The molecule has 1 aromatic carbocycles. The number of likely N-dealkylation sites (tertiary alicyclic amines) is 2. The van der Waals surface area contributed by atoms with Crippen molar-refractivity contribution in [3.63, 3.8) is 0 Å². The number of carbonyl (C=O) groups excluding carboxylic acids is 4. The molecule has 0 spiro atoms. The molecule has 2 aliphatic heterocycles. The number of amides is 4. The van der Waals surface area contributed by atoms with E-state index in [0.29, 0.717) is 13.1 Å². The van der Waals surface area contributed by atoms with Crippen LogP contribution in [0.4, 0.5) is 0 Å². The predicted octanol–water partition coefficient (Wildman–Crippen LogP) is 6.25. The Labute approximate surface area is 364 Å². The van der Waals surface area contributed by atoms with Crippen LogP contribution in [-0.4, -0.2) is 91.9 Å². The molecule has 0 unspecified atom stereocenters. The average molecular weight is 839 g/mol. The topological polar surface area (TPSA) is 161 Å². The Morgan fingerprint density at radius 3 is 1.74 bits per heavy atom. The Morgan fingerprint density at radius 1 is 0.738 bits per heavy atom. The van der Waals surface area contributed by atoms with E-state index in [9.17, 15) is 19.2 Å². The van der Waals surface area contributed by atoms with Gasteiger partial charge in [0.05, 0.1) is 12.1 Å². The first-order valence-electron chi connectivity index (χ1n) is 22.9. The lowest BCUT2D eigenvalue weighted by atomic mass is 9.99. The molecule has 0 bridgehead atoms. The van der Waals surface area contributed by atoms with Crippen LogP contribution in [0, 0.1) is 18.8 Å². The van der Waals surface area contributed by atoms with Gasteiger partial charge >= 0.3 is 0 Å². The molecule has 5 rings (SSSR count). The minimum absolute atomic E-state index is 0.0142. The zero-order chi connectivity index (χ0) is 44.4. The molecule has 4 heterocycles. The van der Waals surface area contributed by atoms with E-state index < -0.39 is 24.2 Å². The average Bonchev–Trinajstić information content (AvgIpc) is 4.02. The first-order chi connectivity index (χ1) is 29.1. The van der Waals surface area contributed by atoms with Crippen LogP contribution in [0.15, 0.2) is 55.4 Å². The molecular weight excluding hydrogens is 765 g/mol. The van der Waals surface area contributed by atoms with E-state index in [2.05, 4.69) is 76.0 Å². The van der Waals surface area contributed by atoms with E-state index in [1.165, 1.54) is 33.3 Å². The quantitative estimate of drug-likeness (QED) is 0.0733. The second-order valence-electron chi connectivity index (χ2n) is 18.3. The number of carbonyl (C=O) groups is 4. The van der Waals surface area contributed by atoms with Crippen molar-refractivity contribution in [2.24, 2.45) is 23.3 Å². The number of para-hydroxylation sites is 1. The van der Waals surface area contributed by atoms with Crippen molar-refractivity contribution in [1.82, 2.24) is 29.6 Å². The maximum absolute atomic E-state index is 13.9. The van der Waals surface area contributed by atoms with Crippen LogP contribution in [0.2, 0.25) is 0 Å². The van der Waals surface area contributed by atoms with Crippen LogP contribution < -0.4 is 22.1 Å². The van der Waals surface area contributed by atoms with Crippen molar-refractivity contribution in [3.8, 4) is 0 Å². The fourth-order valence-electron chi connectivity index (χ4n) is 9.25. The summed E-state index contributed by atoms with van der Waals surface area (Å²) < 4.78 is 4.76. The maximum Gasteiger partial charge on any atom is 0.245 e. The number of aryl methyl sites for hydroxylation is 2. The van der Waals surface area contributed by atoms with Gasteiger partial charge in [-0.25, -0.2) is 0 Å². The normalized spacial score (nSPS) is 18.9. The Kier molecular flexibility index (Phi) is 17.0. The molecule has 2 aromatic heterocycles. The maximum atomic E-state index is 13.9. The summed E-state index contributed by atoms with van der Waals surface area (Å²) in [6.45, 7) is 20.5. The Hall–Kier alpha value is -4.68. The van der Waals surface area contributed by atoms with Crippen molar-refractivity contribution < 1.29 is 19.2 Å². The van der Waals surface area contributed by atoms with E-state index in [1.54, 1.807) is 19.9 Å². The summed E-state index contributed by atoms with van der Waals surface area (Å²) in [4.78, 5) is 56.6. The van der Waals surface area contributed by atoms with Gasteiger partial charge in [-0.05, 0) is 107 Å². The summed E-state index contributed by atoms with van der Waals surface area (Å²) in [5.74, 6) is -0.736. The smallest absolute Gasteiger partial charge is 0.245 e. The third-order valence-corrected chi connectivity index (χ3v) is 12.8. The van der Waals surface area contributed by atoms with Gasteiger partial charge in [-0.15, -0.1) is 0 Å². The standard InChI is InChI=1S/C49H74N8O4/c1-9-10-21-41-36(8)54(30-37(41)28-39-19-17-26-56(39)48(60)44(32(2)3)52-46(58)34(6)50)24-15-11-12-16-25-55-31-38(42-22-13-14-23-43(42)55)29-40-20-18-27-57(40)49(61)45(33(4)5)53-47(59)35(7)51/h9-10,13-14,21-23,30-35,39-40,44-45H,1,11-12,15-20,24-29,50-51H2,2-8H3,(H,52,58)(H,53,59)/b21-10-/t34-,35-,39+,40+,44-,45-/m0/s1. The van der Waals surface area contributed by atoms with Gasteiger partial charge in [-0.1, -0.05) is 83.5 Å². The highest BCUT2D eigenvalue weighted by atomic mass is 16.2. The summed E-state index contributed by atoms with van der Waals surface area (Å²) in [5, 5.41) is 7.06. The van der Waals surface area contributed by atoms with Crippen molar-refractivity contribution >= 4 is 40.6 Å². The summed E-state index contributed by atoms with van der Waals surface area (Å²) in [5.41, 5.74) is 17.8. The van der Waals surface area contributed by atoms with E-state index in [0.717, 1.165) is 77.3 Å². The van der Waals surface area contributed by atoms with Gasteiger partial charge in [0.15, 0.2) is 0 Å². The van der Waals surface area contributed by atoms with Gasteiger partial charge in [0.25, 0.3) is 0 Å². The van der Waals surface area contributed by atoms with Gasteiger partial charge in [-0.3, -0.25) is 19.2 Å². The number of nitrogens with two attached hydrogens (primary N) is 2. The number of fused-ring (bicyclic) bond motifs is 1. The van der Waals surface area contributed by atoms with Crippen LogP contribution in [-0.2, 0) is 45.1 Å². The number of hydrogen-bond donors (Lipinski definition) is 4. The number of aromatic nitrogens is 2. The molecule has 6 atom stereocenters. The molecule has 0 aliphatic carbocycles. The highest BCUT2D eigenvalue weighted by molar-refractivity contribution is 5.91. The van der Waals surface area contributed by atoms with Crippen molar-refractivity contribution in [2.75, 3.05) is 13.1 Å². The van der Waals surface area contributed by atoms with Crippen molar-refractivity contribution in [2.45, 2.75) is 162 Å². The van der Waals surface area contributed by atoms with E-state index >= 15 is 0 Å². The van der Waals surface area contributed by atoms with E-state index in [4.69, 9.17) is 11.5 Å². The second kappa shape index (κ2) is 21.9. The molecule has 2 fully saturated rings. The number of rotatable bonds is 21. The molecule has 3 aromatic rings. The van der Waals surface area contributed by atoms with Crippen LogP contribution in [0.5, 0.6) is 0 Å². The molecular formula is C49H74N8O4. The third-order valence-electron chi connectivity index (χ3n) is 12.8. The van der Waals surface area contributed by atoms with E-state index in [-0.39, 0.29) is 47.5 Å². The Bertz CT molecular complexity index is 2010. The van der Waals surface area contributed by atoms with Crippen molar-refractivity contribution in [1.29, 1.82) is 0 Å². The van der Waals surface area contributed by atoms with E-state index in [1.807, 2.05) is 43.6 Å². The van der Waals surface area contributed by atoms with Crippen LogP contribution >= 0.6 is 0 Å². The lowest BCUT2D eigenvalue weighted by molar-refractivity contribution is -0.138. The number of hydrogen-bond acceptors (Lipinski definition) is 6. The largest absolute Gasteiger partial charge is 0.351 e. The summed E-state index contributed by atoms with van der Waals surface area (Å²) in [6, 6.07) is 6.20. The molecule has 12 nitrogen and oxygen atoms in total. The van der Waals surface area contributed by atoms with Gasteiger partial charge in [0, 0.05) is 67.3 Å². The highest BCUT2D eigenvalue weighted by Gasteiger charge is 2.37. The summed E-state index contributed by atoms with van der Waals surface area (Å²) in [6.07, 6.45) is 20.2.